The summed E-state index contributed by atoms with van der Waals surface area (Å²) in [6.07, 6.45) is 14.5. The molecular weight excluding hydrogens is 881 g/mol. The van der Waals surface area contributed by atoms with E-state index in [2.05, 4.69) is 78.6 Å². The zero-order chi connectivity index (χ0) is 48.0. The van der Waals surface area contributed by atoms with Crippen LogP contribution in [0.15, 0.2) is 78.6 Å². The molecule has 0 atom stereocenters. The van der Waals surface area contributed by atoms with Gasteiger partial charge < -0.3 is 57.6 Å². The molecule has 4 aromatic carbocycles. The molecule has 4 rings (SSSR count). The van der Waals surface area contributed by atoms with Gasteiger partial charge in [0.25, 0.3) is 0 Å². The van der Waals surface area contributed by atoms with Gasteiger partial charge in [-0.1, -0.05) is 36.4 Å². The summed E-state index contributed by atoms with van der Waals surface area (Å²) in [6.45, 7) is 13.1. The molecule has 0 N–H and O–H groups in total. The van der Waals surface area contributed by atoms with Crippen molar-refractivity contribution < 1.29 is 57.6 Å². The van der Waals surface area contributed by atoms with E-state index in [9.17, 15) is 0 Å². The highest BCUT2D eigenvalue weighted by Gasteiger charge is 2.26. The first-order valence-corrected chi connectivity index (χ1v) is 24.6. The van der Waals surface area contributed by atoms with Gasteiger partial charge in [0.15, 0.2) is 23.0 Å². The van der Waals surface area contributed by atoms with Crippen LogP contribution < -0.4 is 18.9 Å². The third-order valence-electron chi connectivity index (χ3n) is 10.4. The second-order valence-electron chi connectivity index (χ2n) is 15.5. The maximum atomic E-state index is 6.78. The number of ether oxygens (including phenoxy) is 4. The predicted octanol–water partition coefficient (Wildman–Crippen LogP) is 13.7. The summed E-state index contributed by atoms with van der Waals surface area (Å²) < 4.78 is 27.1. The van der Waals surface area contributed by atoms with Crippen molar-refractivity contribution in [2.75, 3.05) is 79.3 Å². The van der Waals surface area contributed by atoms with Gasteiger partial charge in [0.05, 0.1) is 68.6 Å². The average molecular weight is 955 g/mol. The van der Waals surface area contributed by atoms with Crippen LogP contribution in [0.5, 0.6) is 23.0 Å². The monoisotopic (exact) mass is 955 g/mol. The predicted molar refractivity (Wildman–Crippen MR) is 256 cm³/mol. The number of benzene rings is 4. The van der Waals surface area contributed by atoms with E-state index in [-0.39, 0.29) is 0 Å². The van der Waals surface area contributed by atoms with Gasteiger partial charge in [0.2, 0.25) is 0 Å². The molecule has 0 aliphatic heterocycles. The number of rotatable bonds is 44. The Balaban J connectivity index is 1.56. The molecule has 0 aliphatic carbocycles. The highest BCUT2D eigenvalue weighted by Crippen LogP contribution is 2.53. The molecule has 0 unspecified atom stereocenters. The molecule has 68 heavy (non-hydrogen) atoms. The highest BCUT2D eigenvalue weighted by atomic mass is 16.7. The minimum absolute atomic E-state index is 0.448. The minimum atomic E-state index is 0.448. The van der Waals surface area contributed by atoms with Crippen molar-refractivity contribution in [1.29, 1.82) is 0 Å². The third kappa shape index (κ3) is 20.0. The molecule has 0 radical (unpaired) electrons. The van der Waals surface area contributed by atoms with E-state index in [1.54, 1.807) is 0 Å². The summed E-state index contributed by atoms with van der Waals surface area (Å²) >= 11 is 0. The Morgan fingerprint density at radius 1 is 0.265 bits per heavy atom. The van der Waals surface area contributed by atoms with Crippen LogP contribution in [-0.4, -0.2) is 79.3 Å². The van der Waals surface area contributed by atoms with E-state index < -0.39 is 0 Å². The van der Waals surface area contributed by atoms with Crippen LogP contribution in [0.1, 0.15) is 130 Å². The maximum absolute atomic E-state index is 6.78. The third-order valence-corrected chi connectivity index (χ3v) is 10.4. The Labute approximate surface area is 400 Å². The van der Waals surface area contributed by atoms with Gasteiger partial charge >= 0.3 is 0 Å². The second-order valence-corrected chi connectivity index (χ2v) is 15.5. The molecule has 0 bridgehead atoms. The van der Waals surface area contributed by atoms with E-state index in [0.29, 0.717) is 79.3 Å². The van der Waals surface area contributed by atoms with Gasteiger partial charge in [0, 0.05) is 32.3 Å². The van der Waals surface area contributed by atoms with Gasteiger partial charge in [-0.2, -0.15) is 0 Å². The molecule has 20 heteroatoms. The first-order chi connectivity index (χ1) is 33.8. The van der Waals surface area contributed by atoms with Gasteiger partial charge in [-0.05, 0) is 130 Å². The number of nitrogens with zero attached hydrogens (tertiary/aromatic N) is 8. The first kappa shape index (κ1) is 54.5. The van der Waals surface area contributed by atoms with Crippen molar-refractivity contribution >= 4 is 32.3 Å². The first-order valence-electron chi connectivity index (χ1n) is 24.6. The molecule has 0 fully saturated rings. The van der Waals surface area contributed by atoms with Crippen LogP contribution in [0.2, 0.25) is 0 Å². The molecule has 20 nitrogen and oxygen atoms in total. The van der Waals surface area contributed by atoms with Crippen molar-refractivity contribution in [2.45, 2.75) is 130 Å². The van der Waals surface area contributed by atoms with Gasteiger partial charge in [-0.15, -0.1) is 0 Å². The zero-order valence-corrected chi connectivity index (χ0v) is 40.7. The fourth-order valence-corrected chi connectivity index (χ4v) is 7.23. The van der Waals surface area contributed by atoms with E-state index in [1.165, 1.54) is 0 Å². The summed E-state index contributed by atoms with van der Waals surface area (Å²) in [6, 6.07) is 12.6. The lowest BCUT2D eigenvalue weighted by Crippen LogP contribution is -2.07. The summed E-state index contributed by atoms with van der Waals surface area (Å²) in [7, 11) is 0. The van der Waals surface area contributed by atoms with Crippen LogP contribution in [0.25, 0.3) is 32.3 Å². The Morgan fingerprint density at radius 3 is 0.691 bits per heavy atom. The minimum Gasteiger partial charge on any atom is -0.489 e. The lowest BCUT2D eigenvalue weighted by atomic mass is 9.91. The van der Waals surface area contributed by atoms with Crippen LogP contribution in [0.3, 0.4) is 0 Å². The standard InChI is InChI=1S/C48H74N8O12/c1-5-61-49-53-65-35-21-13-9-17-31-57-45-39-27-25-29-41-43(39)44-40(46(45)58-32-18-10-14-22-36-66-54-50-62-6-2)28-26-30-42(44)48(60-34-20-12-16-24-38-68-56-52-64-8-4)47(41)59-33-19-11-15-23-37-67-55-51-63-7-3/h25-30H,5-24,31-38H2,1-4H3. The summed E-state index contributed by atoms with van der Waals surface area (Å²) in [5.41, 5.74) is 0. The molecule has 0 aliphatic rings. The van der Waals surface area contributed by atoms with Gasteiger partial charge in [-0.3, -0.25) is 0 Å². The lowest BCUT2D eigenvalue weighted by molar-refractivity contribution is 0.0441. The van der Waals surface area contributed by atoms with Crippen LogP contribution in [0, 0.1) is 0 Å². The maximum Gasteiger partial charge on any atom is 0.169 e. The Hall–Kier alpha value is -6.08. The van der Waals surface area contributed by atoms with Crippen LogP contribution >= 0.6 is 0 Å². The summed E-state index contributed by atoms with van der Waals surface area (Å²) in [5.74, 6) is 2.92. The topological polar surface area (TPSA) is 210 Å². The fourth-order valence-electron chi connectivity index (χ4n) is 7.23. The Kier molecular flexibility index (Phi) is 28.9. The Bertz CT molecular complexity index is 1750. The zero-order valence-electron chi connectivity index (χ0n) is 40.7. The van der Waals surface area contributed by atoms with Crippen LogP contribution in [-0.2, 0) is 38.7 Å². The van der Waals surface area contributed by atoms with E-state index in [0.717, 1.165) is 158 Å². The van der Waals surface area contributed by atoms with E-state index in [4.69, 9.17) is 57.6 Å². The summed E-state index contributed by atoms with van der Waals surface area (Å²) in [4.78, 5) is 40.1. The molecule has 378 valence electrons. The molecule has 0 spiro atoms. The SMILES string of the molecule is CCON=NOCCCCCCOc1c(OCCCCCCON=NOCC)c2cccc3c(OCCCCCCON=NOCC)c(OCCCCCCON=NOCC)c4cccc1c4c23. The molecule has 0 saturated carbocycles. The smallest absolute Gasteiger partial charge is 0.169 e. The molecule has 0 heterocycles. The lowest BCUT2D eigenvalue weighted by Gasteiger charge is -2.24. The number of hydrogen-bond acceptors (Lipinski definition) is 20. The van der Waals surface area contributed by atoms with Crippen LogP contribution in [0.4, 0.5) is 0 Å². The largest absolute Gasteiger partial charge is 0.489 e. The highest BCUT2D eigenvalue weighted by molar-refractivity contribution is 6.29. The number of hydrogen-bond donors (Lipinski definition) is 0. The normalized spacial score (nSPS) is 11.8. The molecule has 0 aromatic heterocycles. The Morgan fingerprint density at radius 2 is 0.471 bits per heavy atom. The second kappa shape index (κ2) is 36.0. The average Bonchev–Trinajstić information content (AvgIpc) is 3.36. The van der Waals surface area contributed by atoms with Crippen molar-refractivity contribution in [3.05, 3.63) is 36.4 Å². The van der Waals surface area contributed by atoms with Crippen molar-refractivity contribution in [3.63, 3.8) is 0 Å². The molecule has 0 saturated heterocycles. The van der Waals surface area contributed by atoms with Crippen molar-refractivity contribution in [1.82, 2.24) is 0 Å². The molecule has 4 aromatic rings. The van der Waals surface area contributed by atoms with Gasteiger partial charge in [0.1, 0.15) is 52.9 Å². The quantitative estimate of drug-likeness (QED) is 0.0175. The number of unbranched alkanes of at least 4 members (excludes halogenated alkanes) is 12. The van der Waals surface area contributed by atoms with Gasteiger partial charge in [-0.25, -0.2) is 0 Å². The van der Waals surface area contributed by atoms with E-state index in [1.807, 2.05) is 27.7 Å². The molecular formula is C48H74N8O12. The molecule has 0 amide bonds. The fraction of sp³-hybridized carbons (Fsp3) is 0.667. The van der Waals surface area contributed by atoms with Crippen molar-refractivity contribution in [2.24, 2.45) is 42.2 Å². The summed E-state index contributed by atoms with van der Waals surface area (Å²) in [5, 5.41) is 34.3. The van der Waals surface area contributed by atoms with E-state index >= 15 is 0 Å². The van der Waals surface area contributed by atoms with Crippen molar-refractivity contribution in [3.8, 4) is 23.0 Å².